The summed E-state index contributed by atoms with van der Waals surface area (Å²) in [5, 5.41) is 155. The minimum absolute atomic E-state index is 0.0219. The number of nitrogens with one attached hydrogen (secondary N) is 9. The molecule has 9 amide bonds. The molecule has 0 saturated carbocycles. The van der Waals surface area contributed by atoms with Gasteiger partial charge in [0.25, 0.3) is 0 Å². The fourth-order valence-electron chi connectivity index (χ4n) is 7.34. The Morgan fingerprint density at radius 2 is 0.756 bits per heavy atom. The van der Waals surface area contributed by atoms with E-state index in [1.54, 1.807) is 0 Å². The number of aliphatic hydroxyl groups excluding tert-OH is 10. The van der Waals surface area contributed by atoms with Crippen molar-refractivity contribution in [2.75, 3.05) is 71.6 Å². The highest BCUT2D eigenvalue weighted by Crippen LogP contribution is 2.11. The summed E-state index contributed by atoms with van der Waals surface area (Å²) in [6.45, 7) is -4.38. The molecule has 27 N–H and O–H groups in total. The van der Waals surface area contributed by atoms with Crippen LogP contribution < -0.4 is 59.3 Å². The summed E-state index contributed by atoms with van der Waals surface area (Å²) >= 11 is 3.79. The lowest BCUT2D eigenvalue weighted by Gasteiger charge is -2.27. The smallest absolute Gasteiger partial charge is 0.327 e. The van der Waals surface area contributed by atoms with Crippen LogP contribution in [0, 0.1) is 0 Å². The molecule has 0 rings (SSSR count). The van der Waals surface area contributed by atoms with E-state index in [2.05, 4.69) is 49.8 Å². The first-order valence-corrected chi connectivity index (χ1v) is 28.3. The standard InChI is InChI=1S/C49H85N11O29S/c50-10-12-89-14-13-88-11-9-35(69)55-24(3-7-36(70)71)45(82)57-25(2-6-34(68)53-18-30(64)40(77)42(79)32(66)20-62)46(83)58-26(4-8-37(72)73)47(84)56-23(1-5-33(67)52-17-29(63)39(76)41(78)31(65)19-61)44(81)54-16-22(51)43(80)59-27(15-38(74)75)48(85)60-28(21-90)49(86)87/h22-32,39-42,61-66,76-79,90H,1-21,50-51H2,(H,52,67)(H,53,68)(H,54,81)(H,55,69)(H,56,84)(H,57,82)(H,58,83)(H,59,80)(H,60,85)(H,70,71)(H,72,73)(H,74,75)(H,86,87)/t22-,23+,24+,25+,26+,27-,28-,29-,30-,31+,32+,39+,40+,41+,42+/m0/s1. The van der Waals surface area contributed by atoms with E-state index >= 15 is 0 Å². The third-order valence-corrected chi connectivity index (χ3v) is 12.9. The van der Waals surface area contributed by atoms with Crippen LogP contribution in [-0.2, 0) is 71.8 Å². The molecule has 40 nitrogen and oxygen atoms in total. The van der Waals surface area contributed by atoms with Crippen LogP contribution in [0.4, 0.5) is 0 Å². The van der Waals surface area contributed by atoms with Gasteiger partial charge < -0.3 is 140 Å². The first-order valence-electron chi connectivity index (χ1n) is 27.6. The van der Waals surface area contributed by atoms with E-state index in [0.717, 1.165) is 0 Å². The zero-order chi connectivity index (χ0) is 68.8. The Hall–Kier alpha value is -7.10. The summed E-state index contributed by atoms with van der Waals surface area (Å²) in [6, 6.07) is -13.3. The fraction of sp³-hybridized carbons (Fsp3) is 0.735. The number of thiol groups is 1. The molecule has 0 heterocycles. The second-order valence-electron chi connectivity index (χ2n) is 19.8. The predicted octanol–water partition coefficient (Wildman–Crippen LogP) is -13.4. The highest BCUT2D eigenvalue weighted by Gasteiger charge is 2.36. The molecule has 0 aliphatic carbocycles. The average molecular weight is 1320 g/mol. The number of carbonyl (C=O) groups is 13. The van der Waals surface area contributed by atoms with E-state index in [1.807, 2.05) is 10.6 Å². The number of ether oxygens (including phenoxy) is 2. The molecule has 0 aromatic heterocycles. The number of aliphatic hydroxyl groups is 10. The molecule has 90 heavy (non-hydrogen) atoms. The summed E-state index contributed by atoms with van der Waals surface area (Å²) < 4.78 is 10.5. The van der Waals surface area contributed by atoms with Gasteiger partial charge in [0.2, 0.25) is 53.2 Å². The predicted molar refractivity (Wildman–Crippen MR) is 302 cm³/mol. The molecule has 0 aliphatic heterocycles. The van der Waals surface area contributed by atoms with Crippen molar-refractivity contribution in [2.24, 2.45) is 11.5 Å². The number of carboxylic acids is 4. The van der Waals surface area contributed by atoms with Gasteiger partial charge in [-0.05, 0) is 25.7 Å². The molecule has 516 valence electrons. The maximum atomic E-state index is 14.3. The second kappa shape index (κ2) is 45.2. The van der Waals surface area contributed by atoms with Crippen LogP contribution in [0.1, 0.15) is 64.2 Å². The normalized spacial score (nSPS) is 16.3. The maximum absolute atomic E-state index is 14.3. The molecule has 0 aliphatic rings. The van der Waals surface area contributed by atoms with Crippen molar-refractivity contribution in [3.8, 4) is 0 Å². The molecular formula is C49H85N11O29S. The van der Waals surface area contributed by atoms with Crippen LogP contribution in [0.15, 0.2) is 0 Å². The summed E-state index contributed by atoms with van der Waals surface area (Å²) in [5.74, 6) is -17.8. The Kier molecular flexibility index (Phi) is 41.6. The average Bonchev–Trinajstić information content (AvgIpc) is 2.23. The Morgan fingerprint density at radius 3 is 1.14 bits per heavy atom. The third kappa shape index (κ3) is 34.2. The van der Waals surface area contributed by atoms with E-state index in [-0.39, 0.29) is 33.0 Å². The minimum atomic E-state index is -2.15. The number of hydrogen-bond donors (Lipinski definition) is 26. The van der Waals surface area contributed by atoms with Crippen LogP contribution in [0.3, 0.4) is 0 Å². The lowest BCUT2D eigenvalue weighted by Crippen LogP contribution is -2.59. The Balaban J connectivity index is 7.21. The zero-order valence-corrected chi connectivity index (χ0v) is 49.4. The van der Waals surface area contributed by atoms with Crippen molar-refractivity contribution in [1.29, 1.82) is 0 Å². The molecule has 0 aromatic rings. The minimum Gasteiger partial charge on any atom is -0.481 e. The van der Waals surface area contributed by atoms with Gasteiger partial charge in [-0.1, -0.05) is 0 Å². The molecule has 0 spiro atoms. The van der Waals surface area contributed by atoms with Crippen LogP contribution in [0.2, 0.25) is 0 Å². The first-order chi connectivity index (χ1) is 42.2. The van der Waals surface area contributed by atoms with E-state index < -0.39 is 271 Å². The molecule has 0 unspecified atom stereocenters. The molecule has 15 atom stereocenters. The number of nitrogens with two attached hydrogens (primary N) is 2. The van der Waals surface area contributed by atoms with Gasteiger partial charge in [-0.2, -0.15) is 12.6 Å². The van der Waals surface area contributed by atoms with Crippen molar-refractivity contribution in [1.82, 2.24) is 47.9 Å². The number of amides is 9. The van der Waals surface area contributed by atoms with E-state index in [4.69, 9.17) is 31.2 Å². The summed E-state index contributed by atoms with van der Waals surface area (Å²) in [6.07, 6.45) is -24.3. The van der Waals surface area contributed by atoms with E-state index in [0.29, 0.717) is 0 Å². The number of carbonyl (C=O) groups excluding carboxylic acids is 9. The number of aliphatic carboxylic acids is 4. The number of hydrogen-bond acceptors (Lipinski definition) is 28. The summed E-state index contributed by atoms with van der Waals surface area (Å²) in [7, 11) is 0. The Bertz CT molecular complexity index is 2330. The first kappa shape index (κ1) is 82.9. The fourth-order valence-corrected chi connectivity index (χ4v) is 7.59. The SMILES string of the molecule is NCCOCCOCCC(=O)N[C@H](CCC(=O)O)C(=O)N[C@H](CCC(=O)NC[C@H](O)[C@@H](O)[C@H](O)[C@H](O)CO)C(=O)N[C@H](CCC(=O)O)C(=O)N[C@H](CCC(=O)NC[C@H](O)[C@@H](O)[C@H](O)[C@H](O)CO)C(=O)NC[C@H](N)C(=O)N[C@@H](CC(=O)O)C(=O)N[C@@H](CS)C(=O)O. The Labute approximate surface area is 517 Å². The van der Waals surface area contributed by atoms with Crippen molar-refractivity contribution in [2.45, 2.75) is 155 Å². The molecule has 0 radical (unpaired) electrons. The van der Waals surface area contributed by atoms with Crippen molar-refractivity contribution < 1.29 is 143 Å². The molecular weight excluding hydrogens is 1240 g/mol. The third-order valence-electron chi connectivity index (χ3n) is 12.6. The van der Waals surface area contributed by atoms with Crippen LogP contribution in [0.5, 0.6) is 0 Å². The van der Waals surface area contributed by atoms with Crippen molar-refractivity contribution in [3.63, 3.8) is 0 Å². The summed E-state index contributed by atoms with van der Waals surface area (Å²) in [4.78, 5) is 168. The van der Waals surface area contributed by atoms with Gasteiger partial charge in [-0.3, -0.25) is 57.5 Å². The second-order valence-corrected chi connectivity index (χ2v) is 20.2. The maximum Gasteiger partial charge on any atom is 0.327 e. The monoisotopic (exact) mass is 1320 g/mol. The van der Waals surface area contributed by atoms with Gasteiger partial charge in [0.1, 0.15) is 78.9 Å². The van der Waals surface area contributed by atoms with Gasteiger partial charge in [-0.15, -0.1) is 0 Å². The van der Waals surface area contributed by atoms with Crippen molar-refractivity contribution >= 4 is 89.7 Å². The molecule has 0 bridgehead atoms. The zero-order valence-electron chi connectivity index (χ0n) is 48.5. The molecule has 0 saturated heterocycles. The van der Waals surface area contributed by atoms with Gasteiger partial charge >= 0.3 is 23.9 Å². The molecule has 0 aromatic carbocycles. The largest absolute Gasteiger partial charge is 0.481 e. The number of rotatable bonds is 50. The van der Waals surface area contributed by atoms with E-state index in [1.165, 1.54) is 0 Å². The highest BCUT2D eigenvalue weighted by molar-refractivity contribution is 7.80. The van der Waals surface area contributed by atoms with E-state index in [9.17, 15) is 124 Å². The van der Waals surface area contributed by atoms with Gasteiger partial charge in [0.05, 0.1) is 58.3 Å². The van der Waals surface area contributed by atoms with Crippen LogP contribution in [0.25, 0.3) is 0 Å². The summed E-state index contributed by atoms with van der Waals surface area (Å²) in [5.41, 5.74) is 11.3. The molecule has 41 heteroatoms. The van der Waals surface area contributed by atoms with Crippen molar-refractivity contribution in [3.05, 3.63) is 0 Å². The number of carboxylic acid groups (broad SMARTS) is 4. The highest BCUT2D eigenvalue weighted by atomic mass is 32.1. The molecule has 0 fully saturated rings. The Morgan fingerprint density at radius 1 is 0.389 bits per heavy atom. The lowest BCUT2D eigenvalue weighted by atomic mass is 10.0. The van der Waals surface area contributed by atoms with Gasteiger partial charge in [0.15, 0.2) is 0 Å². The van der Waals surface area contributed by atoms with Crippen LogP contribution >= 0.6 is 12.6 Å². The quantitative estimate of drug-likeness (QED) is 0.0199. The van der Waals surface area contributed by atoms with Gasteiger partial charge in [0, 0.05) is 64.0 Å². The van der Waals surface area contributed by atoms with Crippen LogP contribution in [-0.4, -0.2) is 311 Å². The lowest BCUT2D eigenvalue weighted by molar-refractivity contribution is -0.143. The van der Waals surface area contributed by atoms with Gasteiger partial charge in [-0.25, -0.2) is 4.79 Å². The topological polar surface area (TPSA) is 684 Å².